The fourth-order valence-corrected chi connectivity index (χ4v) is 1.15. The predicted octanol–water partition coefficient (Wildman–Crippen LogP) is 1.12. The highest BCUT2D eigenvalue weighted by Gasteiger charge is 2.42. The molecule has 1 rings (SSSR count). The fraction of sp³-hybridized carbons (Fsp3) is 0.500. The molecule has 0 saturated heterocycles. The van der Waals surface area contributed by atoms with Crippen LogP contribution in [-0.4, -0.2) is 23.4 Å². The number of hydrogen-bond donors (Lipinski definition) is 2. The normalized spacial score (nSPS) is 25.6. The van der Waals surface area contributed by atoms with Gasteiger partial charge in [-0.2, -0.15) is 13.2 Å². The van der Waals surface area contributed by atoms with Crippen LogP contribution >= 0.6 is 0 Å². The maximum atomic E-state index is 12.0. The lowest BCUT2D eigenvalue weighted by molar-refractivity contribution is -0.192. The molecular weight excluding hydrogens is 183 g/mol. The largest absolute Gasteiger partial charge is 0.418 e. The Labute approximate surface area is 73.5 Å². The summed E-state index contributed by atoms with van der Waals surface area (Å²) in [5.74, 6) is 0. The van der Waals surface area contributed by atoms with Gasteiger partial charge in [0.05, 0.1) is 0 Å². The van der Waals surface area contributed by atoms with Crippen LogP contribution in [0.1, 0.15) is 6.42 Å². The highest BCUT2D eigenvalue weighted by molar-refractivity contribution is 5.27. The molecule has 0 amide bonds. The molecule has 0 spiro atoms. The second-order valence-corrected chi connectivity index (χ2v) is 2.88. The smallest absolute Gasteiger partial charge is 0.379 e. The van der Waals surface area contributed by atoms with E-state index in [2.05, 4.69) is 0 Å². The summed E-state index contributed by atoms with van der Waals surface area (Å²) >= 11 is 0. The van der Waals surface area contributed by atoms with Crippen LogP contribution in [0.4, 0.5) is 13.2 Å². The molecule has 74 valence electrons. The van der Waals surface area contributed by atoms with E-state index in [1.807, 2.05) is 0 Å². The number of nitrogens with two attached hydrogens (primary N) is 1. The molecule has 2 unspecified atom stereocenters. The van der Waals surface area contributed by atoms with E-state index in [-0.39, 0.29) is 5.57 Å². The van der Waals surface area contributed by atoms with Gasteiger partial charge in [0.15, 0.2) is 6.10 Å². The van der Waals surface area contributed by atoms with Crippen molar-refractivity contribution in [3.05, 3.63) is 23.8 Å². The minimum absolute atomic E-state index is 0.171. The molecule has 0 radical (unpaired) electrons. The van der Waals surface area contributed by atoms with Crippen LogP contribution in [0, 0.1) is 0 Å². The first kappa shape index (κ1) is 10.3. The molecule has 3 N–H and O–H groups in total. The number of hydrogen-bond acceptors (Lipinski definition) is 2. The molecule has 0 aromatic rings. The van der Waals surface area contributed by atoms with Crippen molar-refractivity contribution in [3.8, 4) is 0 Å². The van der Waals surface area contributed by atoms with E-state index in [0.29, 0.717) is 6.42 Å². The van der Waals surface area contributed by atoms with Crippen LogP contribution < -0.4 is 5.73 Å². The predicted molar refractivity (Wildman–Crippen MR) is 41.9 cm³/mol. The molecule has 0 fully saturated rings. The van der Waals surface area contributed by atoms with Crippen molar-refractivity contribution in [2.75, 3.05) is 0 Å². The molecule has 1 aliphatic carbocycles. The zero-order chi connectivity index (χ0) is 10.1. The number of halogens is 3. The van der Waals surface area contributed by atoms with Crippen molar-refractivity contribution in [1.82, 2.24) is 0 Å². The summed E-state index contributed by atoms with van der Waals surface area (Å²) in [5, 5.41) is 8.87. The summed E-state index contributed by atoms with van der Waals surface area (Å²) in [5.41, 5.74) is 5.23. The molecule has 2 nitrogen and oxygen atoms in total. The fourth-order valence-electron chi connectivity index (χ4n) is 1.15. The summed E-state index contributed by atoms with van der Waals surface area (Å²) in [6.45, 7) is 0. The summed E-state index contributed by atoms with van der Waals surface area (Å²) < 4.78 is 36.1. The Kier molecular flexibility index (Phi) is 2.77. The first-order valence-corrected chi connectivity index (χ1v) is 3.80. The molecule has 5 heteroatoms. The number of allylic oxidation sites excluding steroid dienone is 2. The van der Waals surface area contributed by atoms with Gasteiger partial charge in [0, 0.05) is 6.04 Å². The van der Waals surface area contributed by atoms with Crippen LogP contribution in [0.25, 0.3) is 0 Å². The molecule has 2 atom stereocenters. The molecule has 0 aliphatic heterocycles. The topological polar surface area (TPSA) is 46.2 Å². The average molecular weight is 193 g/mol. The van der Waals surface area contributed by atoms with E-state index >= 15 is 0 Å². The molecule has 0 aromatic heterocycles. The van der Waals surface area contributed by atoms with Gasteiger partial charge in [0.1, 0.15) is 0 Å². The Balaban J connectivity index is 2.81. The quantitative estimate of drug-likeness (QED) is 0.655. The zero-order valence-electron chi connectivity index (χ0n) is 6.75. The van der Waals surface area contributed by atoms with Gasteiger partial charge in [-0.25, -0.2) is 0 Å². The third-order valence-electron chi connectivity index (χ3n) is 1.87. The third-order valence-corrected chi connectivity index (χ3v) is 1.87. The van der Waals surface area contributed by atoms with Crippen LogP contribution in [0.2, 0.25) is 0 Å². The van der Waals surface area contributed by atoms with Crippen LogP contribution in [0.3, 0.4) is 0 Å². The molecule has 0 bridgehead atoms. The minimum atomic E-state index is -4.63. The van der Waals surface area contributed by atoms with Crippen LogP contribution in [0.5, 0.6) is 0 Å². The Morgan fingerprint density at radius 3 is 2.62 bits per heavy atom. The van der Waals surface area contributed by atoms with Gasteiger partial charge in [-0.3, -0.25) is 0 Å². The van der Waals surface area contributed by atoms with E-state index in [1.165, 1.54) is 12.2 Å². The lowest BCUT2D eigenvalue weighted by Gasteiger charge is -2.23. The van der Waals surface area contributed by atoms with E-state index in [0.717, 1.165) is 0 Å². The number of aliphatic hydroxyl groups excluding tert-OH is 1. The van der Waals surface area contributed by atoms with Crippen molar-refractivity contribution < 1.29 is 18.3 Å². The SMILES string of the molecule is NC1CC=CC=C1C(O)C(F)(F)F. The van der Waals surface area contributed by atoms with E-state index in [1.54, 1.807) is 6.08 Å². The number of aliphatic hydroxyl groups is 1. The van der Waals surface area contributed by atoms with E-state index in [4.69, 9.17) is 10.8 Å². The van der Waals surface area contributed by atoms with Gasteiger partial charge >= 0.3 is 6.18 Å². The molecule has 1 aliphatic rings. The van der Waals surface area contributed by atoms with E-state index in [9.17, 15) is 13.2 Å². The second kappa shape index (κ2) is 3.51. The maximum Gasteiger partial charge on any atom is 0.418 e. The van der Waals surface area contributed by atoms with Crippen molar-refractivity contribution in [2.45, 2.75) is 24.7 Å². The summed E-state index contributed by atoms with van der Waals surface area (Å²) in [6, 6.07) is -0.735. The van der Waals surface area contributed by atoms with Gasteiger partial charge in [0.25, 0.3) is 0 Å². The Morgan fingerprint density at radius 2 is 2.15 bits per heavy atom. The Morgan fingerprint density at radius 1 is 1.54 bits per heavy atom. The van der Waals surface area contributed by atoms with E-state index < -0.39 is 18.3 Å². The molecular formula is C8H10F3NO. The highest BCUT2D eigenvalue weighted by atomic mass is 19.4. The average Bonchev–Trinajstić information content (AvgIpc) is 2.02. The lowest BCUT2D eigenvalue weighted by atomic mass is 9.95. The minimum Gasteiger partial charge on any atom is -0.379 e. The first-order chi connectivity index (χ1) is 5.93. The first-order valence-electron chi connectivity index (χ1n) is 3.80. The standard InChI is InChI=1S/C8H10F3NO/c9-8(10,11)7(13)5-3-1-2-4-6(5)12/h1-3,6-7,13H,4,12H2. The number of alkyl halides is 3. The van der Waals surface area contributed by atoms with Crippen molar-refractivity contribution in [1.29, 1.82) is 0 Å². The monoisotopic (exact) mass is 193 g/mol. The number of rotatable bonds is 1. The van der Waals surface area contributed by atoms with Gasteiger partial charge in [0.2, 0.25) is 0 Å². The van der Waals surface area contributed by atoms with Crippen LogP contribution in [-0.2, 0) is 0 Å². The van der Waals surface area contributed by atoms with Gasteiger partial charge in [-0.15, -0.1) is 0 Å². The summed E-state index contributed by atoms with van der Waals surface area (Å²) in [7, 11) is 0. The third kappa shape index (κ3) is 2.32. The van der Waals surface area contributed by atoms with Crippen molar-refractivity contribution in [2.24, 2.45) is 5.73 Å². The van der Waals surface area contributed by atoms with Crippen LogP contribution in [0.15, 0.2) is 23.8 Å². The second-order valence-electron chi connectivity index (χ2n) is 2.88. The summed E-state index contributed by atoms with van der Waals surface area (Å²) in [6.07, 6.45) is -2.39. The zero-order valence-corrected chi connectivity index (χ0v) is 6.75. The van der Waals surface area contributed by atoms with Gasteiger partial charge < -0.3 is 10.8 Å². The Hall–Kier alpha value is -0.810. The molecule has 0 aromatic carbocycles. The molecule has 0 heterocycles. The van der Waals surface area contributed by atoms with Crippen molar-refractivity contribution in [3.63, 3.8) is 0 Å². The molecule has 13 heavy (non-hydrogen) atoms. The highest BCUT2D eigenvalue weighted by Crippen LogP contribution is 2.28. The van der Waals surface area contributed by atoms with Gasteiger partial charge in [-0.05, 0) is 12.0 Å². The lowest BCUT2D eigenvalue weighted by Crippen LogP contribution is -2.39. The van der Waals surface area contributed by atoms with Gasteiger partial charge in [-0.1, -0.05) is 18.2 Å². The summed E-state index contributed by atoms with van der Waals surface area (Å²) in [4.78, 5) is 0. The van der Waals surface area contributed by atoms with Crippen molar-refractivity contribution >= 4 is 0 Å². The molecule has 0 saturated carbocycles. The Bertz CT molecular complexity index is 244. The maximum absolute atomic E-state index is 12.0.